The van der Waals surface area contributed by atoms with Gasteiger partial charge < -0.3 is 14.8 Å². The summed E-state index contributed by atoms with van der Waals surface area (Å²) in [6.45, 7) is 3.92. The Morgan fingerprint density at radius 1 is 1.08 bits per heavy atom. The fraction of sp³-hybridized carbons (Fsp3) is 0.350. The zero-order valence-corrected chi connectivity index (χ0v) is 14.8. The van der Waals surface area contributed by atoms with Crippen LogP contribution in [0.3, 0.4) is 0 Å². The molecule has 128 valence electrons. The van der Waals surface area contributed by atoms with Gasteiger partial charge in [-0.25, -0.2) is 0 Å². The molecule has 0 radical (unpaired) electrons. The molecule has 0 saturated heterocycles. The highest BCUT2D eigenvalue weighted by atomic mass is 16.5. The summed E-state index contributed by atoms with van der Waals surface area (Å²) in [5, 5.41) is 3.04. The number of rotatable bonds is 7. The summed E-state index contributed by atoms with van der Waals surface area (Å²) < 4.78 is 10.7. The summed E-state index contributed by atoms with van der Waals surface area (Å²) in [5.74, 6) is 1.18. The topological polar surface area (TPSA) is 47.6 Å². The van der Waals surface area contributed by atoms with Crippen LogP contribution in [0.4, 0.5) is 0 Å². The molecule has 0 heterocycles. The van der Waals surface area contributed by atoms with Crippen molar-refractivity contribution in [3.63, 3.8) is 0 Å². The van der Waals surface area contributed by atoms with Gasteiger partial charge in [0.1, 0.15) is 11.5 Å². The SMILES string of the molecule is COc1cc(C(=O)N[C@H](C)CCc2ccccc2)cc(OC)c1C. The summed E-state index contributed by atoms with van der Waals surface area (Å²) in [4.78, 5) is 12.5. The van der Waals surface area contributed by atoms with E-state index in [0.717, 1.165) is 18.4 Å². The molecule has 0 aliphatic rings. The highest BCUT2D eigenvalue weighted by molar-refractivity contribution is 5.95. The molecule has 0 unspecified atom stereocenters. The Hall–Kier alpha value is -2.49. The van der Waals surface area contributed by atoms with Crippen molar-refractivity contribution in [3.05, 3.63) is 59.2 Å². The third-order valence-corrected chi connectivity index (χ3v) is 4.10. The lowest BCUT2D eigenvalue weighted by molar-refractivity contribution is 0.0937. The van der Waals surface area contributed by atoms with Gasteiger partial charge in [0.15, 0.2) is 0 Å². The van der Waals surface area contributed by atoms with Crippen molar-refractivity contribution in [2.45, 2.75) is 32.7 Å². The van der Waals surface area contributed by atoms with Crippen molar-refractivity contribution in [1.82, 2.24) is 5.32 Å². The van der Waals surface area contributed by atoms with E-state index in [9.17, 15) is 4.79 Å². The number of hydrogen-bond acceptors (Lipinski definition) is 3. The minimum atomic E-state index is -0.118. The van der Waals surface area contributed by atoms with Gasteiger partial charge in [-0.1, -0.05) is 30.3 Å². The van der Waals surface area contributed by atoms with Crippen LogP contribution in [0.25, 0.3) is 0 Å². The molecular formula is C20H25NO3. The zero-order valence-electron chi connectivity index (χ0n) is 14.8. The molecule has 0 fully saturated rings. The van der Waals surface area contributed by atoms with E-state index in [4.69, 9.17) is 9.47 Å². The number of methoxy groups -OCH3 is 2. The lowest BCUT2D eigenvalue weighted by Crippen LogP contribution is -2.33. The predicted molar refractivity (Wildman–Crippen MR) is 96.0 cm³/mol. The fourth-order valence-corrected chi connectivity index (χ4v) is 2.62. The molecule has 1 atom stereocenters. The van der Waals surface area contributed by atoms with Gasteiger partial charge in [0.25, 0.3) is 5.91 Å². The van der Waals surface area contributed by atoms with E-state index in [1.165, 1.54) is 5.56 Å². The summed E-state index contributed by atoms with van der Waals surface area (Å²) in [6, 6.07) is 13.8. The molecule has 1 N–H and O–H groups in total. The van der Waals surface area contributed by atoms with Gasteiger partial charge >= 0.3 is 0 Å². The molecule has 4 heteroatoms. The van der Waals surface area contributed by atoms with Gasteiger partial charge in [-0.3, -0.25) is 4.79 Å². The van der Waals surface area contributed by atoms with Gasteiger partial charge in [-0.15, -0.1) is 0 Å². The van der Waals surface area contributed by atoms with Crippen LogP contribution in [0.2, 0.25) is 0 Å². The van der Waals surface area contributed by atoms with Gasteiger partial charge in [-0.2, -0.15) is 0 Å². The molecule has 0 aromatic heterocycles. The Morgan fingerprint density at radius 2 is 1.67 bits per heavy atom. The number of hydrogen-bond donors (Lipinski definition) is 1. The lowest BCUT2D eigenvalue weighted by Gasteiger charge is -2.16. The quantitative estimate of drug-likeness (QED) is 0.842. The molecule has 2 aromatic rings. The van der Waals surface area contributed by atoms with Crippen LogP contribution in [-0.2, 0) is 6.42 Å². The standard InChI is InChI=1S/C20H25NO3/c1-14(10-11-16-8-6-5-7-9-16)21-20(22)17-12-18(23-3)15(2)19(13-17)24-4/h5-9,12-14H,10-11H2,1-4H3,(H,21,22)/t14-/m1/s1. The third-order valence-electron chi connectivity index (χ3n) is 4.10. The van der Waals surface area contributed by atoms with E-state index in [0.29, 0.717) is 17.1 Å². The average molecular weight is 327 g/mol. The molecular weight excluding hydrogens is 302 g/mol. The highest BCUT2D eigenvalue weighted by Crippen LogP contribution is 2.29. The number of amides is 1. The molecule has 0 saturated carbocycles. The Labute approximate surface area is 143 Å². The zero-order chi connectivity index (χ0) is 17.5. The Bertz CT molecular complexity index is 658. The van der Waals surface area contributed by atoms with E-state index < -0.39 is 0 Å². The number of nitrogens with one attached hydrogen (secondary N) is 1. The summed E-state index contributed by atoms with van der Waals surface area (Å²) >= 11 is 0. The second-order valence-electron chi connectivity index (χ2n) is 5.90. The number of benzene rings is 2. The first kappa shape index (κ1) is 17.9. The summed E-state index contributed by atoms with van der Waals surface area (Å²) in [7, 11) is 3.18. The summed E-state index contributed by atoms with van der Waals surface area (Å²) in [6.07, 6.45) is 1.82. The molecule has 2 aromatic carbocycles. The maximum atomic E-state index is 12.5. The molecule has 24 heavy (non-hydrogen) atoms. The van der Waals surface area contributed by atoms with Crippen molar-refractivity contribution in [2.24, 2.45) is 0 Å². The van der Waals surface area contributed by atoms with Crippen LogP contribution in [0.5, 0.6) is 11.5 Å². The van der Waals surface area contributed by atoms with Crippen LogP contribution in [-0.4, -0.2) is 26.2 Å². The van der Waals surface area contributed by atoms with Crippen molar-refractivity contribution in [3.8, 4) is 11.5 Å². The van der Waals surface area contributed by atoms with Crippen LogP contribution in [0.1, 0.15) is 34.8 Å². The normalized spacial score (nSPS) is 11.7. The van der Waals surface area contributed by atoms with E-state index in [1.807, 2.05) is 32.0 Å². The van der Waals surface area contributed by atoms with Crippen molar-refractivity contribution in [1.29, 1.82) is 0 Å². The Kier molecular flexibility index (Phi) is 6.24. The van der Waals surface area contributed by atoms with Gasteiger partial charge in [0, 0.05) is 17.2 Å². The first-order chi connectivity index (χ1) is 11.5. The van der Waals surface area contributed by atoms with Gasteiger partial charge in [-0.05, 0) is 44.4 Å². The first-order valence-electron chi connectivity index (χ1n) is 8.12. The van der Waals surface area contributed by atoms with E-state index in [-0.39, 0.29) is 11.9 Å². The molecule has 4 nitrogen and oxygen atoms in total. The first-order valence-corrected chi connectivity index (χ1v) is 8.12. The van der Waals surface area contributed by atoms with Crippen molar-refractivity contribution >= 4 is 5.91 Å². The van der Waals surface area contributed by atoms with Crippen molar-refractivity contribution < 1.29 is 14.3 Å². The minimum absolute atomic E-state index is 0.0796. The van der Waals surface area contributed by atoms with Crippen LogP contribution in [0.15, 0.2) is 42.5 Å². The minimum Gasteiger partial charge on any atom is -0.496 e. The second-order valence-corrected chi connectivity index (χ2v) is 5.90. The second kappa shape index (κ2) is 8.39. The predicted octanol–water partition coefficient (Wildman–Crippen LogP) is 3.76. The molecule has 0 aliphatic heterocycles. The molecule has 0 spiro atoms. The van der Waals surface area contributed by atoms with E-state index in [1.54, 1.807) is 26.4 Å². The van der Waals surface area contributed by atoms with Crippen LogP contribution < -0.4 is 14.8 Å². The molecule has 0 bridgehead atoms. The monoisotopic (exact) mass is 327 g/mol. The average Bonchev–Trinajstić information content (AvgIpc) is 2.61. The number of aryl methyl sites for hydroxylation is 1. The smallest absolute Gasteiger partial charge is 0.251 e. The van der Waals surface area contributed by atoms with E-state index in [2.05, 4.69) is 17.4 Å². The van der Waals surface area contributed by atoms with Gasteiger partial charge in [0.2, 0.25) is 0 Å². The largest absolute Gasteiger partial charge is 0.496 e. The summed E-state index contributed by atoms with van der Waals surface area (Å²) in [5.41, 5.74) is 2.70. The fourth-order valence-electron chi connectivity index (χ4n) is 2.62. The van der Waals surface area contributed by atoms with Crippen LogP contribution in [0, 0.1) is 6.92 Å². The maximum absolute atomic E-state index is 12.5. The number of ether oxygens (including phenoxy) is 2. The number of carbonyl (C=O) groups is 1. The molecule has 1 amide bonds. The Balaban J connectivity index is 2.01. The maximum Gasteiger partial charge on any atom is 0.251 e. The van der Waals surface area contributed by atoms with Crippen molar-refractivity contribution in [2.75, 3.05) is 14.2 Å². The third kappa shape index (κ3) is 4.51. The lowest BCUT2D eigenvalue weighted by atomic mass is 10.1. The Morgan fingerprint density at radius 3 is 2.21 bits per heavy atom. The van der Waals surface area contributed by atoms with Gasteiger partial charge in [0.05, 0.1) is 14.2 Å². The molecule has 2 rings (SSSR count). The highest BCUT2D eigenvalue weighted by Gasteiger charge is 2.15. The van der Waals surface area contributed by atoms with E-state index >= 15 is 0 Å². The molecule has 0 aliphatic carbocycles. The number of carbonyl (C=O) groups excluding carboxylic acids is 1. The van der Waals surface area contributed by atoms with Crippen LogP contribution >= 0.6 is 0 Å².